The Balaban J connectivity index is 1.01. The van der Waals surface area contributed by atoms with Crippen LogP contribution in [0.15, 0.2) is 48.8 Å². The molecule has 2 saturated heterocycles. The smallest absolute Gasteiger partial charge is 0.228 e. The molecule has 10 nitrogen and oxygen atoms in total. The average molecular weight is 554 g/mol. The molecule has 3 aromatic heterocycles. The highest BCUT2D eigenvalue weighted by Gasteiger charge is 2.31. The second-order valence-electron chi connectivity index (χ2n) is 11.6. The molecule has 214 valence electrons. The Hall–Kier alpha value is -3.60. The van der Waals surface area contributed by atoms with Crippen LogP contribution in [0, 0.1) is 0 Å². The fourth-order valence-electron chi connectivity index (χ4n) is 6.49. The zero-order valence-electron chi connectivity index (χ0n) is 24.0. The summed E-state index contributed by atoms with van der Waals surface area (Å²) in [5.74, 6) is 1.62. The minimum Gasteiger partial charge on any atom is -0.377 e. The van der Waals surface area contributed by atoms with Gasteiger partial charge >= 0.3 is 0 Å². The first-order chi connectivity index (χ1) is 20.1. The summed E-state index contributed by atoms with van der Waals surface area (Å²) in [6, 6.07) is 12.4. The van der Waals surface area contributed by atoms with E-state index in [2.05, 4.69) is 51.3 Å². The van der Waals surface area contributed by atoms with Gasteiger partial charge in [0.2, 0.25) is 5.95 Å². The summed E-state index contributed by atoms with van der Waals surface area (Å²) in [7, 11) is 2.02. The van der Waals surface area contributed by atoms with Crippen LogP contribution in [-0.4, -0.2) is 91.3 Å². The molecule has 5 heterocycles. The van der Waals surface area contributed by atoms with Crippen molar-refractivity contribution in [1.82, 2.24) is 39.3 Å². The number of benzene rings is 1. The molecule has 7 rings (SSSR count). The van der Waals surface area contributed by atoms with Crippen LogP contribution in [0.25, 0.3) is 22.5 Å². The fraction of sp³-hybridized carbons (Fsp3) is 0.484. The number of hydrogen-bond donors (Lipinski definition) is 1. The third kappa shape index (κ3) is 5.51. The number of aryl methyl sites for hydroxylation is 1. The van der Waals surface area contributed by atoms with Gasteiger partial charge in [0.05, 0.1) is 29.7 Å². The Morgan fingerprint density at radius 2 is 1.83 bits per heavy atom. The van der Waals surface area contributed by atoms with Gasteiger partial charge in [-0.25, -0.2) is 9.97 Å². The molecule has 2 atom stereocenters. The number of fused-ring (bicyclic) bond motifs is 3. The molecule has 41 heavy (non-hydrogen) atoms. The Morgan fingerprint density at radius 1 is 1.00 bits per heavy atom. The van der Waals surface area contributed by atoms with E-state index in [0.717, 1.165) is 98.4 Å². The minimum atomic E-state index is 0.308. The van der Waals surface area contributed by atoms with Gasteiger partial charge in [0, 0.05) is 88.1 Å². The van der Waals surface area contributed by atoms with E-state index >= 15 is 0 Å². The number of rotatable bonds is 8. The number of hydrogen-bond acceptors (Lipinski definition) is 8. The molecule has 0 radical (unpaired) electrons. The number of piperazine rings is 1. The van der Waals surface area contributed by atoms with Crippen LogP contribution >= 0.6 is 0 Å². The standard InChI is InChI=1S/C31H39N9O/c1-22-19-26-28(30(37(2)35-26)23-7-4-3-5-8-23)29-25(22)20-32-31(34-29)33-27-10-11-40(36-27)17-16-38-12-14-39(15-13-38)21-24-9-6-18-41-24/h3-5,7-8,10-11,20,22,24H,6,9,12-19,21H2,1-2H3,(H,32,33,34,36)/t22-,24?/m1/s1. The number of nitrogens with zero attached hydrogens (tertiary/aromatic N) is 8. The van der Waals surface area contributed by atoms with Gasteiger partial charge in [0.15, 0.2) is 5.82 Å². The maximum Gasteiger partial charge on any atom is 0.228 e. The maximum absolute atomic E-state index is 5.82. The van der Waals surface area contributed by atoms with Gasteiger partial charge in [-0.2, -0.15) is 10.2 Å². The lowest BCUT2D eigenvalue weighted by atomic mass is 9.85. The number of nitrogens with one attached hydrogen (secondary N) is 1. The zero-order chi connectivity index (χ0) is 27.8. The molecule has 0 saturated carbocycles. The first-order valence-corrected chi connectivity index (χ1v) is 15.0. The first kappa shape index (κ1) is 26.3. The van der Waals surface area contributed by atoms with Gasteiger partial charge in [0.1, 0.15) is 0 Å². The Morgan fingerprint density at radius 3 is 2.63 bits per heavy atom. The highest BCUT2D eigenvalue weighted by Crippen LogP contribution is 2.43. The number of ether oxygens (including phenoxy) is 1. The van der Waals surface area contributed by atoms with Gasteiger partial charge < -0.3 is 10.1 Å². The van der Waals surface area contributed by atoms with Crippen LogP contribution in [0.5, 0.6) is 0 Å². The van der Waals surface area contributed by atoms with Crippen LogP contribution in [0.3, 0.4) is 0 Å². The Bertz CT molecular complexity index is 1480. The summed E-state index contributed by atoms with van der Waals surface area (Å²) in [6.45, 7) is 10.5. The van der Waals surface area contributed by atoms with Gasteiger partial charge in [-0.3, -0.25) is 19.2 Å². The van der Waals surface area contributed by atoms with Crippen LogP contribution in [0.2, 0.25) is 0 Å². The summed E-state index contributed by atoms with van der Waals surface area (Å²) in [4.78, 5) is 14.8. The van der Waals surface area contributed by atoms with E-state index in [1.54, 1.807) is 0 Å². The fourth-order valence-corrected chi connectivity index (χ4v) is 6.49. The molecule has 2 aliphatic heterocycles. The van der Waals surface area contributed by atoms with Crippen molar-refractivity contribution < 1.29 is 4.74 Å². The quantitative estimate of drug-likeness (QED) is 0.351. The third-order valence-corrected chi connectivity index (χ3v) is 8.73. The lowest BCUT2D eigenvalue weighted by Gasteiger charge is -2.35. The lowest BCUT2D eigenvalue weighted by Crippen LogP contribution is -2.49. The van der Waals surface area contributed by atoms with E-state index in [-0.39, 0.29) is 0 Å². The minimum absolute atomic E-state index is 0.308. The molecule has 3 aliphatic rings. The second-order valence-corrected chi connectivity index (χ2v) is 11.6. The Labute approximate surface area is 241 Å². The van der Waals surface area contributed by atoms with Crippen LogP contribution in [0.1, 0.15) is 36.9 Å². The molecule has 4 aromatic rings. The predicted molar refractivity (Wildman–Crippen MR) is 159 cm³/mol. The summed E-state index contributed by atoms with van der Waals surface area (Å²) in [5, 5.41) is 13.0. The van der Waals surface area contributed by atoms with Gasteiger partial charge in [-0.1, -0.05) is 37.3 Å². The molecule has 1 unspecified atom stereocenters. The highest BCUT2D eigenvalue weighted by atomic mass is 16.5. The van der Waals surface area contributed by atoms with Gasteiger partial charge in [-0.15, -0.1) is 0 Å². The van der Waals surface area contributed by atoms with E-state index in [0.29, 0.717) is 18.0 Å². The van der Waals surface area contributed by atoms with E-state index in [4.69, 9.17) is 19.9 Å². The summed E-state index contributed by atoms with van der Waals surface area (Å²) < 4.78 is 9.82. The third-order valence-electron chi connectivity index (χ3n) is 8.73. The molecule has 10 heteroatoms. The molecule has 2 fully saturated rings. The molecule has 1 aliphatic carbocycles. The molecule has 1 aromatic carbocycles. The van der Waals surface area contributed by atoms with E-state index < -0.39 is 0 Å². The van der Waals surface area contributed by atoms with Crippen molar-refractivity contribution in [1.29, 1.82) is 0 Å². The summed E-state index contributed by atoms with van der Waals surface area (Å²) in [6.07, 6.45) is 7.75. The van der Waals surface area contributed by atoms with Crippen molar-refractivity contribution in [3.05, 3.63) is 60.0 Å². The Kier molecular flexibility index (Phi) is 7.28. The maximum atomic E-state index is 5.82. The van der Waals surface area contributed by atoms with E-state index in [9.17, 15) is 0 Å². The monoisotopic (exact) mass is 553 g/mol. The van der Waals surface area contributed by atoms with E-state index in [1.165, 1.54) is 12.8 Å². The SMILES string of the molecule is C[C@@H]1Cc2nn(C)c(-c3ccccc3)c2-c2nc(Nc3ccn(CCN4CCN(CC5CCCO5)CC4)n3)ncc21. The molecular weight excluding hydrogens is 514 g/mol. The number of aromatic nitrogens is 6. The summed E-state index contributed by atoms with van der Waals surface area (Å²) in [5.41, 5.74) is 6.55. The van der Waals surface area contributed by atoms with Crippen molar-refractivity contribution in [2.75, 3.05) is 51.2 Å². The van der Waals surface area contributed by atoms with Crippen molar-refractivity contribution in [3.8, 4) is 22.5 Å². The topological polar surface area (TPSA) is 89.2 Å². The van der Waals surface area contributed by atoms with Gasteiger partial charge in [0.25, 0.3) is 0 Å². The molecule has 0 amide bonds. The molecule has 0 spiro atoms. The predicted octanol–water partition coefficient (Wildman–Crippen LogP) is 3.94. The second kappa shape index (κ2) is 11.3. The van der Waals surface area contributed by atoms with Crippen LogP contribution in [-0.2, 0) is 24.8 Å². The van der Waals surface area contributed by atoms with Gasteiger partial charge in [-0.05, 0) is 25.2 Å². The van der Waals surface area contributed by atoms with Crippen LogP contribution in [0.4, 0.5) is 11.8 Å². The normalized spacial score (nSPS) is 21.1. The largest absolute Gasteiger partial charge is 0.377 e. The van der Waals surface area contributed by atoms with Crippen LogP contribution < -0.4 is 5.32 Å². The molecular formula is C31H39N9O. The van der Waals surface area contributed by atoms with E-state index in [1.807, 2.05) is 40.9 Å². The van der Waals surface area contributed by atoms with Crippen molar-refractivity contribution in [3.63, 3.8) is 0 Å². The first-order valence-electron chi connectivity index (χ1n) is 15.0. The van der Waals surface area contributed by atoms with Crippen molar-refractivity contribution in [2.45, 2.75) is 44.8 Å². The molecule has 1 N–H and O–H groups in total. The molecule has 0 bridgehead atoms. The highest BCUT2D eigenvalue weighted by molar-refractivity contribution is 5.84. The average Bonchev–Trinajstić information content (AvgIpc) is 3.74. The lowest BCUT2D eigenvalue weighted by molar-refractivity contribution is 0.0496. The van der Waals surface area contributed by atoms with Crippen molar-refractivity contribution in [2.24, 2.45) is 7.05 Å². The summed E-state index contributed by atoms with van der Waals surface area (Å²) >= 11 is 0. The zero-order valence-corrected chi connectivity index (χ0v) is 24.0. The van der Waals surface area contributed by atoms with Crippen molar-refractivity contribution >= 4 is 11.8 Å². The number of anilines is 2.